The fraction of sp³-hybridized carbons (Fsp3) is 0.956. The molecule has 0 radical (unpaired) electrons. The van der Waals surface area contributed by atoms with Crippen molar-refractivity contribution < 1.29 is 80.2 Å². The van der Waals surface area contributed by atoms with E-state index in [1.807, 2.05) is 0 Å². The number of esters is 4. The molecule has 0 aliphatic heterocycles. The molecule has 0 heterocycles. The summed E-state index contributed by atoms with van der Waals surface area (Å²) in [5.41, 5.74) is 0. The highest BCUT2D eigenvalue weighted by atomic mass is 31.2. The number of phosphoric acid groups is 2. The van der Waals surface area contributed by atoms with Gasteiger partial charge in [-0.15, -0.1) is 0 Å². The zero-order valence-corrected chi connectivity index (χ0v) is 74.4. The average molecular weight is 1610 g/mol. The van der Waals surface area contributed by atoms with Crippen molar-refractivity contribution in [2.45, 2.75) is 509 Å². The van der Waals surface area contributed by atoms with Crippen LogP contribution in [0.1, 0.15) is 491 Å². The van der Waals surface area contributed by atoms with Gasteiger partial charge in [0.1, 0.15) is 19.3 Å². The first-order valence-corrected chi connectivity index (χ1v) is 50.0. The van der Waals surface area contributed by atoms with Crippen LogP contribution in [-0.2, 0) is 65.4 Å². The molecule has 0 aliphatic rings. The second-order valence-electron chi connectivity index (χ2n) is 33.4. The van der Waals surface area contributed by atoms with Crippen molar-refractivity contribution in [3.05, 3.63) is 0 Å². The van der Waals surface area contributed by atoms with E-state index in [9.17, 15) is 43.2 Å². The van der Waals surface area contributed by atoms with E-state index >= 15 is 0 Å². The third-order valence-electron chi connectivity index (χ3n) is 21.8. The lowest BCUT2D eigenvalue weighted by Gasteiger charge is -2.21. The van der Waals surface area contributed by atoms with Crippen molar-refractivity contribution in [3.8, 4) is 0 Å². The molecular weight excluding hydrogens is 1430 g/mol. The summed E-state index contributed by atoms with van der Waals surface area (Å²) in [6.45, 7) is 9.75. The Morgan fingerprint density at radius 2 is 0.464 bits per heavy atom. The number of hydrogen-bond acceptors (Lipinski definition) is 15. The molecule has 0 amide bonds. The minimum absolute atomic E-state index is 0.107. The van der Waals surface area contributed by atoms with Gasteiger partial charge in [0.2, 0.25) is 0 Å². The van der Waals surface area contributed by atoms with Crippen LogP contribution in [0.5, 0.6) is 0 Å². The van der Waals surface area contributed by atoms with Crippen molar-refractivity contribution >= 4 is 39.5 Å². The van der Waals surface area contributed by atoms with E-state index in [0.29, 0.717) is 25.7 Å². The Morgan fingerprint density at radius 1 is 0.264 bits per heavy atom. The Kier molecular flexibility index (Phi) is 80.7. The maximum absolute atomic E-state index is 13.2. The molecule has 0 aromatic rings. The molecule has 110 heavy (non-hydrogen) atoms. The molecule has 19 heteroatoms. The second-order valence-corrected chi connectivity index (χ2v) is 36.3. The number of aliphatic hydroxyl groups is 1. The largest absolute Gasteiger partial charge is 0.472 e. The SMILES string of the molecule is CCCCCCCCCCCCCCCCCCCCCCCCC(=O)OC[C@H](COP(=O)(O)OC[C@@H](O)COP(=O)(O)OC[C@@H](COC(=O)CCCCCCCCCCCCCCC)OC(=O)CCCCCCCCCCCCC(C)C)OC(=O)CCCCCCCCCCCCCCCCCCCCC(C)CC. The molecule has 0 saturated heterocycles. The number of rotatable bonds is 90. The summed E-state index contributed by atoms with van der Waals surface area (Å²) in [5, 5.41) is 10.7. The molecule has 0 aromatic heterocycles. The van der Waals surface area contributed by atoms with Gasteiger partial charge in [-0.2, -0.15) is 0 Å². The lowest BCUT2D eigenvalue weighted by atomic mass is 9.99. The predicted molar refractivity (Wildman–Crippen MR) is 455 cm³/mol. The van der Waals surface area contributed by atoms with E-state index in [1.165, 1.54) is 308 Å². The molecule has 6 atom stereocenters. The van der Waals surface area contributed by atoms with E-state index in [2.05, 4.69) is 41.5 Å². The van der Waals surface area contributed by atoms with Crippen LogP contribution >= 0.6 is 15.6 Å². The lowest BCUT2D eigenvalue weighted by Crippen LogP contribution is -2.30. The summed E-state index contributed by atoms with van der Waals surface area (Å²) in [7, 11) is -9.93. The normalized spacial score (nSPS) is 14.0. The molecule has 0 spiro atoms. The zero-order valence-electron chi connectivity index (χ0n) is 72.6. The van der Waals surface area contributed by atoms with Crippen LogP contribution < -0.4 is 0 Å². The van der Waals surface area contributed by atoms with Crippen molar-refractivity contribution in [3.63, 3.8) is 0 Å². The number of aliphatic hydroxyl groups excluding tert-OH is 1. The van der Waals surface area contributed by atoms with Gasteiger partial charge >= 0.3 is 39.5 Å². The van der Waals surface area contributed by atoms with E-state index in [4.69, 9.17) is 37.0 Å². The van der Waals surface area contributed by atoms with Crippen molar-refractivity contribution in [1.29, 1.82) is 0 Å². The third-order valence-corrected chi connectivity index (χ3v) is 23.7. The minimum Gasteiger partial charge on any atom is -0.462 e. The fourth-order valence-corrected chi connectivity index (χ4v) is 15.9. The van der Waals surface area contributed by atoms with Crippen LogP contribution in [0.4, 0.5) is 0 Å². The van der Waals surface area contributed by atoms with Crippen LogP contribution in [-0.4, -0.2) is 96.7 Å². The van der Waals surface area contributed by atoms with Gasteiger partial charge in [0.15, 0.2) is 12.2 Å². The van der Waals surface area contributed by atoms with E-state index in [0.717, 1.165) is 102 Å². The summed E-state index contributed by atoms with van der Waals surface area (Å²) in [6, 6.07) is 0. The number of ether oxygens (including phenoxy) is 4. The van der Waals surface area contributed by atoms with Gasteiger partial charge < -0.3 is 33.8 Å². The highest BCUT2D eigenvalue weighted by Crippen LogP contribution is 2.45. The molecule has 0 fully saturated rings. The topological polar surface area (TPSA) is 237 Å². The highest BCUT2D eigenvalue weighted by molar-refractivity contribution is 7.47. The molecule has 0 aliphatic carbocycles. The Hall–Kier alpha value is -1.94. The van der Waals surface area contributed by atoms with Gasteiger partial charge in [0, 0.05) is 25.7 Å². The Bertz CT molecular complexity index is 2100. The number of carbonyl (C=O) groups is 4. The molecule has 654 valence electrons. The Morgan fingerprint density at radius 3 is 0.691 bits per heavy atom. The average Bonchev–Trinajstić information content (AvgIpc) is 0.896. The Labute approximate surface area is 677 Å². The van der Waals surface area contributed by atoms with Crippen molar-refractivity contribution in [2.24, 2.45) is 11.8 Å². The summed E-state index contributed by atoms with van der Waals surface area (Å²) in [6.07, 6.45) is 76.5. The van der Waals surface area contributed by atoms with Crippen LogP contribution in [0.25, 0.3) is 0 Å². The van der Waals surface area contributed by atoms with Crippen LogP contribution in [0.15, 0.2) is 0 Å². The number of phosphoric ester groups is 2. The van der Waals surface area contributed by atoms with Gasteiger partial charge in [-0.05, 0) is 37.5 Å². The molecule has 17 nitrogen and oxygen atoms in total. The van der Waals surface area contributed by atoms with E-state index in [-0.39, 0.29) is 25.7 Å². The summed E-state index contributed by atoms with van der Waals surface area (Å²) >= 11 is 0. The van der Waals surface area contributed by atoms with Gasteiger partial charge in [0.25, 0.3) is 0 Å². The van der Waals surface area contributed by atoms with Gasteiger partial charge in [0.05, 0.1) is 26.4 Å². The van der Waals surface area contributed by atoms with Gasteiger partial charge in [-0.3, -0.25) is 37.3 Å². The summed E-state index contributed by atoms with van der Waals surface area (Å²) < 4.78 is 69.0. The molecular formula is C91H178O17P2. The number of carbonyl (C=O) groups excluding carboxylic acids is 4. The van der Waals surface area contributed by atoms with E-state index in [1.54, 1.807) is 0 Å². The second kappa shape index (κ2) is 82.2. The Balaban J connectivity index is 5.22. The smallest absolute Gasteiger partial charge is 0.462 e. The van der Waals surface area contributed by atoms with Crippen molar-refractivity contribution in [1.82, 2.24) is 0 Å². The highest BCUT2D eigenvalue weighted by Gasteiger charge is 2.31. The molecule has 0 aromatic carbocycles. The zero-order chi connectivity index (χ0) is 80.6. The van der Waals surface area contributed by atoms with Crippen LogP contribution in [0.2, 0.25) is 0 Å². The number of hydrogen-bond donors (Lipinski definition) is 3. The fourth-order valence-electron chi connectivity index (χ4n) is 14.3. The third kappa shape index (κ3) is 82.6. The van der Waals surface area contributed by atoms with Gasteiger partial charge in [-0.1, -0.05) is 440 Å². The van der Waals surface area contributed by atoms with Crippen molar-refractivity contribution in [2.75, 3.05) is 39.6 Å². The minimum atomic E-state index is -4.97. The molecule has 3 N–H and O–H groups in total. The van der Waals surface area contributed by atoms with E-state index < -0.39 is 97.5 Å². The quantitative estimate of drug-likeness (QED) is 0.0222. The predicted octanol–water partition coefficient (Wildman–Crippen LogP) is 28.2. The standard InChI is InChI=1S/C91H178O17P2/c1-7-10-12-14-16-18-20-22-23-24-25-26-27-28-32-35-39-43-50-56-62-68-74-89(94)102-79-86(107-90(95)75-69-63-57-51-44-40-36-33-30-29-31-34-38-41-48-54-60-66-72-84(6)9-3)81-105-109(97,98)103-77-85(92)78-104-110(99,100)106-82-87(108-91(96)76-70-64-58-52-46-45-47-53-59-65-71-83(4)5)80-101-88(93)73-67-61-55-49-42-37-21-19-17-15-13-11-8-2/h83-87,92H,7-82H2,1-6H3,(H,97,98)(H,99,100)/t84?,85-,86-,87-/m1/s1. The first kappa shape index (κ1) is 108. The summed E-state index contributed by atoms with van der Waals surface area (Å²) in [5.74, 6) is -0.474. The summed E-state index contributed by atoms with van der Waals surface area (Å²) in [4.78, 5) is 73.4. The molecule has 0 rings (SSSR count). The maximum Gasteiger partial charge on any atom is 0.472 e. The van der Waals surface area contributed by atoms with Crippen LogP contribution in [0.3, 0.4) is 0 Å². The van der Waals surface area contributed by atoms with Gasteiger partial charge in [-0.25, -0.2) is 9.13 Å². The monoisotopic (exact) mass is 1610 g/mol. The maximum atomic E-state index is 13.2. The number of unbranched alkanes of at least 4 members (excludes halogenated alkanes) is 59. The molecule has 3 unspecified atom stereocenters. The molecule has 0 bridgehead atoms. The lowest BCUT2D eigenvalue weighted by molar-refractivity contribution is -0.161. The first-order valence-electron chi connectivity index (χ1n) is 47.0. The first-order chi connectivity index (χ1) is 53.4. The molecule has 0 saturated carbocycles. The van der Waals surface area contributed by atoms with Crippen LogP contribution in [0, 0.1) is 11.8 Å².